The Bertz CT molecular complexity index is 475. The fraction of sp³-hybridized carbons (Fsp3) is 0.500. The molecule has 4 heteroatoms. The van der Waals surface area contributed by atoms with E-state index in [1.807, 2.05) is 12.1 Å². The van der Waals surface area contributed by atoms with E-state index in [0.29, 0.717) is 4.99 Å². The van der Waals surface area contributed by atoms with Gasteiger partial charge in [-0.2, -0.15) is 0 Å². The zero-order chi connectivity index (χ0) is 13.3. The molecule has 98 valence electrons. The number of benzene rings is 1. The van der Waals surface area contributed by atoms with Gasteiger partial charge in [-0.25, -0.2) is 0 Å². The topological polar surface area (TPSA) is 47.3 Å². The van der Waals surface area contributed by atoms with Gasteiger partial charge in [-0.15, -0.1) is 0 Å². The summed E-state index contributed by atoms with van der Waals surface area (Å²) in [5, 5.41) is 3.59. The van der Waals surface area contributed by atoms with Crippen LogP contribution in [0.15, 0.2) is 18.2 Å². The number of aryl methyl sites for hydroxylation is 1. The molecule has 2 atom stereocenters. The zero-order valence-corrected chi connectivity index (χ0v) is 11.9. The Kier molecular flexibility index (Phi) is 3.59. The molecule has 0 radical (unpaired) electrons. The minimum absolute atomic E-state index is 0.0638. The van der Waals surface area contributed by atoms with Crippen molar-refractivity contribution in [2.24, 2.45) is 5.73 Å². The Hall–Kier alpha value is -1.13. The third-order valence-corrected chi connectivity index (χ3v) is 4.06. The summed E-state index contributed by atoms with van der Waals surface area (Å²) in [5.74, 6) is 0. The second kappa shape index (κ2) is 4.86. The second-order valence-corrected chi connectivity index (χ2v) is 5.61. The summed E-state index contributed by atoms with van der Waals surface area (Å²) in [4.78, 5) is 0.427. The maximum atomic E-state index is 5.80. The molecule has 2 unspecified atom stereocenters. The van der Waals surface area contributed by atoms with Crippen LogP contribution in [0.5, 0.6) is 0 Å². The molecule has 1 aromatic rings. The van der Waals surface area contributed by atoms with Gasteiger partial charge >= 0.3 is 0 Å². The van der Waals surface area contributed by atoms with Crippen LogP contribution in [0.25, 0.3) is 0 Å². The average molecular weight is 264 g/mol. The van der Waals surface area contributed by atoms with E-state index in [-0.39, 0.29) is 11.6 Å². The summed E-state index contributed by atoms with van der Waals surface area (Å²) in [7, 11) is 0. The number of rotatable bonds is 3. The van der Waals surface area contributed by atoms with Crippen LogP contribution in [-0.4, -0.2) is 23.2 Å². The van der Waals surface area contributed by atoms with Crippen molar-refractivity contribution in [2.45, 2.75) is 38.8 Å². The lowest BCUT2D eigenvalue weighted by atomic mass is 9.93. The third kappa shape index (κ3) is 2.35. The van der Waals surface area contributed by atoms with Crippen LogP contribution in [0.1, 0.15) is 31.4 Å². The number of hydrogen-bond donors (Lipinski definition) is 2. The molecule has 1 aromatic carbocycles. The summed E-state index contributed by atoms with van der Waals surface area (Å²) in [6.07, 6.45) is 1.16. The second-order valence-electron chi connectivity index (χ2n) is 5.17. The number of ether oxygens (including phenoxy) is 1. The molecule has 0 amide bonds. The van der Waals surface area contributed by atoms with Crippen LogP contribution in [0.4, 0.5) is 5.69 Å². The normalized spacial score (nSPS) is 27.2. The van der Waals surface area contributed by atoms with E-state index in [9.17, 15) is 0 Å². The highest BCUT2D eigenvalue weighted by atomic mass is 32.1. The van der Waals surface area contributed by atoms with Crippen LogP contribution in [0.2, 0.25) is 0 Å². The summed E-state index contributed by atoms with van der Waals surface area (Å²) in [5.41, 5.74) is 8.83. The largest absolute Gasteiger partial charge is 0.389 e. The van der Waals surface area contributed by atoms with Crippen molar-refractivity contribution in [3.63, 3.8) is 0 Å². The molecular formula is C14H20N2OS. The first-order chi connectivity index (χ1) is 8.44. The highest BCUT2D eigenvalue weighted by molar-refractivity contribution is 7.80. The smallest absolute Gasteiger partial charge is 0.106 e. The molecule has 1 aliphatic rings. The van der Waals surface area contributed by atoms with Gasteiger partial charge in [-0.1, -0.05) is 24.4 Å². The predicted molar refractivity (Wildman–Crippen MR) is 79.1 cm³/mol. The van der Waals surface area contributed by atoms with Crippen LogP contribution in [0.3, 0.4) is 0 Å². The van der Waals surface area contributed by atoms with Crippen LogP contribution in [0, 0.1) is 6.92 Å². The molecule has 1 saturated heterocycles. The summed E-state index contributed by atoms with van der Waals surface area (Å²) in [6, 6.07) is 6.00. The Morgan fingerprint density at radius 1 is 1.56 bits per heavy atom. The van der Waals surface area contributed by atoms with E-state index in [1.165, 1.54) is 0 Å². The molecule has 1 heterocycles. The van der Waals surface area contributed by atoms with E-state index in [0.717, 1.165) is 29.8 Å². The number of hydrogen-bond acceptors (Lipinski definition) is 3. The first kappa shape index (κ1) is 13.3. The summed E-state index contributed by atoms with van der Waals surface area (Å²) < 4.78 is 5.65. The van der Waals surface area contributed by atoms with Gasteiger partial charge in [0.2, 0.25) is 0 Å². The van der Waals surface area contributed by atoms with E-state index in [1.54, 1.807) is 0 Å². The molecular weight excluding hydrogens is 244 g/mol. The lowest BCUT2D eigenvalue weighted by molar-refractivity contribution is 0.105. The van der Waals surface area contributed by atoms with Crippen molar-refractivity contribution in [2.75, 3.05) is 11.9 Å². The van der Waals surface area contributed by atoms with Crippen molar-refractivity contribution in [1.29, 1.82) is 0 Å². The van der Waals surface area contributed by atoms with Crippen LogP contribution in [-0.2, 0) is 4.74 Å². The Labute approximate surface area is 114 Å². The SMILES string of the molecule is Cc1cccc(C(N)=S)c1NC1(C)CCOC1C. The van der Waals surface area contributed by atoms with E-state index < -0.39 is 0 Å². The fourth-order valence-electron chi connectivity index (χ4n) is 2.32. The van der Waals surface area contributed by atoms with Crippen molar-refractivity contribution in [3.8, 4) is 0 Å². The molecule has 1 fully saturated rings. The highest BCUT2D eigenvalue weighted by Crippen LogP contribution is 2.32. The van der Waals surface area contributed by atoms with Gasteiger partial charge in [0.1, 0.15) is 4.99 Å². The van der Waals surface area contributed by atoms with Crippen molar-refractivity contribution in [3.05, 3.63) is 29.3 Å². The number of para-hydroxylation sites is 1. The monoisotopic (exact) mass is 264 g/mol. The molecule has 18 heavy (non-hydrogen) atoms. The molecule has 0 bridgehead atoms. The number of nitrogens with two attached hydrogens (primary N) is 1. The maximum Gasteiger partial charge on any atom is 0.106 e. The van der Waals surface area contributed by atoms with Gasteiger partial charge in [0.15, 0.2) is 0 Å². The molecule has 3 N–H and O–H groups in total. The quantitative estimate of drug-likeness (QED) is 0.824. The lowest BCUT2D eigenvalue weighted by Crippen LogP contribution is -2.42. The lowest BCUT2D eigenvalue weighted by Gasteiger charge is -2.32. The minimum Gasteiger partial charge on any atom is -0.389 e. The molecule has 0 saturated carbocycles. The molecule has 3 nitrogen and oxygen atoms in total. The van der Waals surface area contributed by atoms with E-state index >= 15 is 0 Å². The Balaban J connectivity index is 2.37. The van der Waals surface area contributed by atoms with Crippen LogP contribution < -0.4 is 11.1 Å². The van der Waals surface area contributed by atoms with Crippen molar-refractivity contribution in [1.82, 2.24) is 0 Å². The summed E-state index contributed by atoms with van der Waals surface area (Å²) in [6.45, 7) is 7.13. The van der Waals surface area contributed by atoms with Gasteiger partial charge in [-0.3, -0.25) is 0 Å². The predicted octanol–water partition coefficient (Wildman–Crippen LogP) is 2.61. The summed E-state index contributed by atoms with van der Waals surface area (Å²) >= 11 is 5.12. The number of thiocarbonyl (C=S) groups is 1. The Morgan fingerprint density at radius 3 is 2.83 bits per heavy atom. The number of nitrogens with one attached hydrogen (secondary N) is 1. The highest BCUT2D eigenvalue weighted by Gasteiger charge is 2.37. The standard InChI is InChI=1S/C14H20N2OS/c1-9-5-4-6-11(13(15)18)12(9)16-14(3)7-8-17-10(14)2/h4-6,10,16H,7-8H2,1-3H3,(H2,15,18). The first-order valence-electron chi connectivity index (χ1n) is 6.23. The van der Waals surface area contributed by atoms with Gasteiger partial charge in [0.05, 0.1) is 11.6 Å². The first-order valence-corrected chi connectivity index (χ1v) is 6.64. The van der Waals surface area contributed by atoms with E-state index in [2.05, 4.69) is 32.2 Å². The van der Waals surface area contributed by atoms with Crippen LogP contribution >= 0.6 is 12.2 Å². The molecule has 0 aromatic heterocycles. The fourth-order valence-corrected chi connectivity index (χ4v) is 2.49. The zero-order valence-electron chi connectivity index (χ0n) is 11.1. The Morgan fingerprint density at radius 2 is 2.28 bits per heavy atom. The third-order valence-electron chi connectivity index (χ3n) is 3.84. The molecule has 0 aliphatic carbocycles. The maximum absolute atomic E-state index is 5.80. The van der Waals surface area contributed by atoms with Crippen molar-refractivity contribution >= 4 is 22.9 Å². The molecule has 1 aliphatic heterocycles. The van der Waals surface area contributed by atoms with Crippen molar-refractivity contribution < 1.29 is 4.74 Å². The van der Waals surface area contributed by atoms with Gasteiger partial charge < -0.3 is 15.8 Å². The molecule has 2 rings (SSSR count). The minimum atomic E-state index is -0.0638. The van der Waals surface area contributed by atoms with Gasteiger partial charge in [0, 0.05) is 17.9 Å². The average Bonchev–Trinajstić information content (AvgIpc) is 2.62. The van der Waals surface area contributed by atoms with E-state index in [4.69, 9.17) is 22.7 Å². The number of anilines is 1. The molecule has 0 spiro atoms. The van der Waals surface area contributed by atoms with Gasteiger partial charge in [-0.05, 0) is 38.8 Å². The van der Waals surface area contributed by atoms with Gasteiger partial charge in [0.25, 0.3) is 0 Å².